The predicted octanol–water partition coefficient (Wildman–Crippen LogP) is 3.18. The summed E-state index contributed by atoms with van der Waals surface area (Å²) in [6.07, 6.45) is 3.78. The molecule has 1 amide bonds. The molecule has 0 saturated carbocycles. The number of nitrogens with one attached hydrogen (secondary N) is 1. The summed E-state index contributed by atoms with van der Waals surface area (Å²) >= 11 is 1.71. The largest absolute Gasteiger partial charge is 0.453 e. The molecule has 1 aliphatic heterocycles. The van der Waals surface area contributed by atoms with E-state index in [0.29, 0.717) is 12.6 Å². The third-order valence-electron chi connectivity index (χ3n) is 4.16. The van der Waals surface area contributed by atoms with Gasteiger partial charge in [-0.1, -0.05) is 0 Å². The lowest BCUT2D eigenvalue weighted by Crippen LogP contribution is -2.48. The SMILES string of the molecule is COC(=O)N1CCC[C@@H](N[C@@H](C)c2cnc3ccsc3c2)C1. The van der Waals surface area contributed by atoms with Crippen LogP contribution in [0.25, 0.3) is 10.2 Å². The topological polar surface area (TPSA) is 54.5 Å². The standard InChI is InChI=1S/C16H21N3O2S/c1-11(12-8-15-14(17-9-12)5-7-22-15)18-13-4-3-6-19(10-13)16(20)21-2/h5,7-9,11,13,18H,3-4,6,10H2,1-2H3/t11-,13+/m0/s1. The van der Waals surface area contributed by atoms with Crippen molar-refractivity contribution in [2.75, 3.05) is 20.2 Å². The number of nitrogens with zero attached hydrogens (tertiary/aromatic N) is 2. The molecule has 0 bridgehead atoms. The quantitative estimate of drug-likeness (QED) is 0.944. The highest BCUT2D eigenvalue weighted by Gasteiger charge is 2.25. The summed E-state index contributed by atoms with van der Waals surface area (Å²) in [5.41, 5.74) is 2.24. The van der Waals surface area contributed by atoms with Crippen molar-refractivity contribution in [3.63, 3.8) is 0 Å². The lowest BCUT2D eigenvalue weighted by molar-refractivity contribution is 0.106. The van der Waals surface area contributed by atoms with Crippen molar-refractivity contribution in [3.05, 3.63) is 29.3 Å². The van der Waals surface area contributed by atoms with Gasteiger partial charge < -0.3 is 15.0 Å². The van der Waals surface area contributed by atoms with Crippen molar-refractivity contribution in [1.82, 2.24) is 15.2 Å². The molecule has 0 unspecified atom stereocenters. The highest BCUT2D eigenvalue weighted by Crippen LogP contribution is 2.23. The van der Waals surface area contributed by atoms with Crippen molar-refractivity contribution in [1.29, 1.82) is 0 Å². The molecular weight excluding hydrogens is 298 g/mol. The van der Waals surface area contributed by atoms with Crippen LogP contribution in [0.4, 0.5) is 4.79 Å². The van der Waals surface area contributed by atoms with E-state index >= 15 is 0 Å². The number of carbonyl (C=O) groups excluding carboxylic acids is 1. The number of hydrogen-bond donors (Lipinski definition) is 1. The fourth-order valence-corrected chi connectivity index (χ4v) is 3.75. The van der Waals surface area contributed by atoms with Gasteiger partial charge in [0.15, 0.2) is 0 Å². The molecule has 1 fully saturated rings. The van der Waals surface area contributed by atoms with E-state index in [0.717, 1.165) is 24.9 Å². The van der Waals surface area contributed by atoms with Crippen LogP contribution in [0.2, 0.25) is 0 Å². The molecule has 3 heterocycles. The molecule has 0 aromatic carbocycles. The Morgan fingerprint density at radius 3 is 3.27 bits per heavy atom. The highest BCUT2D eigenvalue weighted by molar-refractivity contribution is 7.17. The second-order valence-electron chi connectivity index (χ2n) is 5.72. The maximum atomic E-state index is 11.7. The number of amides is 1. The van der Waals surface area contributed by atoms with E-state index in [1.807, 2.05) is 12.3 Å². The fraction of sp³-hybridized carbons (Fsp3) is 0.500. The number of thiophene rings is 1. The van der Waals surface area contributed by atoms with Crippen molar-refractivity contribution in [2.24, 2.45) is 0 Å². The van der Waals surface area contributed by atoms with Crippen LogP contribution in [0.5, 0.6) is 0 Å². The molecule has 1 N–H and O–H groups in total. The van der Waals surface area contributed by atoms with Crippen LogP contribution in [-0.2, 0) is 4.74 Å². The summed E-state index contributed by atoms with van der Waals surface area (Å²) in [5.74, 6) is 0. The minimum Gasteiger partial charge on any atom is -0.453 e. The van der Waals surface area contributed by atoms with E-state index in [2.05, 4.69) is 28.7 Å². The molecule has 0 radical (unpaired) electrons. The molecule has 2 atom stereocenters. The molecule has 2 aromatic heterocycles. The highest BCUT2D eigenvalue weighted by atomic mass is 32.1. The zero-order valence-corrected chi connectivity index (χ0v) is 13.7. The number of piperidine rings is 1. The zero-order chi connectivity index (χ0) is 15.5. The van der Waals surface area contributed by atoms with E-state index < -0.39 is 0 Å². The zero-order valence-electron chi connectivity index (χ0n) is 12.9. The van der Waals surface area contributed by atoms with Crippen LogP contribution in [0, 0.1) is 0 Å². The molecule has 0 aliphatic carbocycles. The summed E-state index contributed by atoms with van der Waals surface area (Å²) in [7, 11) is 1.43. The number of likely N-dealkylation sites (tertiary alicyclic amines) is 1. The lowest BCUT2D eigenvalue weighted by Gasteiger charge is -2.33. The maximum absolute atomic E-state index is 11.7. The van der Waals surface area contributed by atoms with Crippen LogP contribution in [0.1, 0.15) is 31.4 Å². The number of fused-ring (bicyclic) bond motifs is 1. The Morgan fingerprint density at radius 2 is 2.45 bits per heavy atom. The first kappa shape index (κ1) is 15.2. The van der Waals surface area contributed by atoms with Gasteiger partial charge in [0.25, 0.3) is 0 Å². The average Bonchev–Trinajstić information content (AvgIpc) is 3.01. The molecule has 1 saturated heterocycles. The van der Waals surface area contributed by atoms with E-state index in [9.17, 15) is 4.79 Å². The number of hydrogen-bond acceptors (Lipinski definition) is 5. The Kier molecular flexibility index (Phi) is 4.59. The maximum Gasteiger partial charge on any atom is 0.409 e. The second kappa shape index (κ2) is 6.62. The summed E-state index contributed by atoms with van der Waals surface area (Å²) in [6, 6.07) is 4.74. The summed E-state index contributed by atoms with van der Waals surface area (Å²) < 4.78 is 6.03. The van der Waals surface area contributed by atoms with Gasteiger partial charge in [-0.2, -0.15) is 0 Å². The smallest absolute Gasteiger partial charge is 0.409 e. The van der Waals surface area contributed by atoms with Crippen molar-refractivity contribution in [2.45, 2.75) is 31.8 Å². The number of rotatable bonds is 3. The van der Waals surface area contributed by atoms with Gasteiger partial charge in [-0.3, -0.25) is 4.98 Å². The van der Waals surface area contributed by atoms with E-state index in [1.165, 1.54) is 17.4 Å². The number of carbonyl (C=O) groups is 1. The first-order valence-electron chi connectivity index (χ1n) is 7.59. The molecule has 6 heteroatoms. The molecule has 1 aliphatic rings. The van der Waals surface area contributed by atoms with E-state index in [4.69, 9.17) is 4.74 Å². The van der Waals surface area contributed by atoms with Crippen molar-refractivity contribution in [3.8, 4) is 0 Å². The summed E-state index contributed by atoms with van der Waals surface area (Å²) in [5, 5.41) is 5.68. The minimum atomic E-state index is -0.235. The monoisotopic (exact) mass is 319 g/mol. The Morgan fingerprint density at radius 1 is 1.59 bits per heavy atom. The predicted molar refractivity (Wildman–Crippen MR) is 88.2 cm³/mol. The minimum absolute atomic E-state index is 0.210. The molecule has 3 rings (SSSR count). The molecule has 0 spiro atoms. The average molecular weight is 319 g/mol. The van der Waals surface area contributed by atoms with Crippen LogP contribution < -0.4 is 5.32 Å². The lowest BCUT2D eigenvalue weighted by atomic mass is 10.0. The molecular formula is C16H21N3O2S. The Balaban J connectivity index is 1.65. The second-order valence-corrected chi connectivity index (χ2v) is 6.66. The van der Waals surface area contributed by atoms with E-state index in [1.54, 1.807) is 16.2 Å². The fourth-order valence-electron chi connectivity index (χ4n) is 2.96. The Hall–Kier alpha value is -1.66. The number of ether oxygens (including phenoxy) is 1. The van der Waals surface area contributed by atoms with Gasteiger partial charge in [-0.05, 0) is 42.8 Å². The van der Waals surface area contributed by atoms with Crippen LogP contribution >= 0.6 is 11.3 Å². The first-order valence-corrected chi connectivity index (χ1v) is 8.47. The van der Waals surface area contributed by atoms with E-state index in [-0.39, 0.29) is 12.1 Å². The van der Waals surface area contributed by atoms with Gasteiger partial charge in [0, 0.05) is 31.4 Å². The number of pyridine rings is 1. The third-order valence-corrected chi connectivity index (χ3v) is 5.02. The number of methoxy groups -OCH3 is 1. The van der Waals surface area contributed by atoms with Gasteiger partial charge in [0.05, 0.1) is 17.3 Å². The van der Waals surface area contributed by atoms with Crippen molar-refractivity contribution >= 4 is 27.6 Å². The van der Waals surface area contributed by atoms with Gasteiger partial charge >= 0.3 is 6.09 Å². The summed E-state index contributed by atoms with van der Waals surface area (Å²) in [6.45, 7) is 3.63. The Bertz CT molecular complexity index is 658. The number of aromatic nitrogens is 1. The van der Waals surface area contributed by atoms with Gasteiger partial charge in [-0.25, -0.2) is 4.79 Å². The third kappa shape index (κ3) is 3.23. The molecule has 118 valence electrons. The normalized spacial score (nSPS) is 20.1. The first-order chi connectivity index (χ1) is 10.7. The van der Waals surface area contributed by atoms with Crippen molar-refractivity contribution < 1.29 is 9.53 Å². The van der Waals surface area contributed by atoms with Gasteiger partial charge in [0.2, 0.25) is 0 Å². The van der Waals surface area contributed by atoms with Crippen LogP contribution in [0.3, 0.4) is 0 Å². The van der Waals surface area contributed by atoms with Crippen LogP contribution in [-0.4, -0.2) is 42.2 Å². The summed E-state index contributed by atoms with van der Waals surface area (Å²) in [4.78, 5) is 17.9. The van der Waals surface area contributed by atoms with Gasteiger partial charge in [-0.15, -0.1) is 11.3 Å². The molecule has 22 heavy (non-hydrogen) atoms. The Labute approximate surface area is 134 Å². The molecule has 5 nitrogen and oxygen atoms in total. The van der Waals surface area contributed by atoms with Crippen LogP contribution in [0.15, 0.2) is 23.7 Å². The van der Waals surface area contributed by atoms with Gasteiger partial charge in [0.1, 0.15) is 0 Å². The molecule has 2 aromatic rings.